The van der Waals surface area contributed by atoms with Gasteiger partial charge in [-0.1, -0.05) is 0 Å². The van der Waals surface area contributed by atoms with Gasteiger partial charge in [0.1, 0.15) is 4.90 Å². The number of nitrogens with two attached hydrogens (primary N) is 2. The molecule has 2 fully saturated rings. The number of sulfonamides is 1. The van der Waals surface area contributed by atoms with E-state index in [1.807, 2.05) is 0 Å². The minimum absolute atomic E-state index is 0.148. The predicted octanol–water partition coefficient (Wildman–Crippen LogP) is 0.905. The van der Waals surface area contributed by atoms with Gasteiger partial charge in [-0.05, 0) is 43.4 Å². The fraction of sp³-hybridized carbons (Fsp3) is 0.500. The molecule has 1 heterocycles. The molecule has 0 aromatic heterocycles. The van der Waals surface area contributed by atoms with Crippen LogP contribution in [0.25, 0.3) is 0 Å². The highest BCUT2D eigenvalue weighted by Crippen LogP contribution is 2.42. The normalized spacial score (nSPS) is 26.8. The average molecular weight is 267 g/mol. The number of primary sulfonamides is 1. The number of nitrogens with zero attached hydrogens (tertiary/aromatic N) is 1. The number of hydrogen-bond acceptors (Lipinski definition) is 4. The maximum atomic E-state index is 11.7. The highest BCUT2D eigenvalue weighted by atomic mass is 32.2. The van der Waals surface area contributed by atoms with Crippen LogP contribution in [0.4, 0.5) is 11.4 Å². The Morgan fingerprint density at radius 1 is 1.28 bits per heavy atom. The predicted molar refractivity (Wildman–Crippen MR) is 70.7 cm³/mol. The van der Waals surface area contributed by atoms with Crippen LogP contribution in [0.3, 0.4) is 0 Å². The molecular weight excluding hydrogens is 250 g/mol. The standard InChI is InChI=1S/C12H17N3O2S/c13-9-2-4-11(12(6-9)18(14,16)17)15-7-8-1-3-10(15)5-8/h2,4,6,8,10H,1,3,5,7,13H2,(H2,14,16,17). The Kier molecular flexibility index (Phi) is 2.53. The van der Waals surface area contributed by atoms with E-state index in [-0.39, 0.29) is 4.90 Å². The first kappa shape index (κ1) is 11.8. The summed E-state index contributed by atoms with van der Waals surface area (Å²) in [6, 6.07) is 5.42. The third kappa shape index (κ3) is 1.85. The molecule has 1 saturated heterocycles. The summed E-state index contributed by atoms with van der Waals surface area (Å²) in [7, 11) is -3.73. The van der Waals surface area contributed by atoms with Crippen molar-refractivity contribution in [3.63, 3.8) is 0 Å². The number of rotatable bonds is 2. The van der Waals surface area contributed by atoms with Crippen LogP contribution in [0, 0.1) is 5.92 Å². The molecule has 2 bridgehead atoms. The van der Waals surface area contributed by atoms with Gasteiger partial charge < -0.3 is 10.6 Å². The molecule has 1 aromatic carbocycles. The van der Waals surface area contributed by atoms with Gasteiger partial charge in [0.2, 0.25) is 10.0 Å². The van der Waals surface area contributed by atoms with Crippen LogP contribution in [-0.4, -0.2) is 21.0 Å². The second-order valence-electron chi connectivity index (χ2n) is 5.26. The van der Waals surface area contributed by atoms with Gasteiger partial charge in [-0.2, -0.15) is 0 Å². The van der Waals surface area contributed by atoms with Crippen LogP contribution in [0.2, 0.25) is 0 Å². The third-order valence-corrected chi connectivity index (χ3v) is 4.95. The van der Waals surface area contributed by atoms with Crippen LogP contribution in [0.5, 0.6) is 0 Å². The number of nitrogen functional groups attached to an aromatic ring is 1. The molecule has 18 heavy (non-hydrogen) atoms. The molecule has 98 valence electrons. The van der Waals surface area contributed by atoms with E-state index in [1.165, 1.54) is 12.5 Å². The fourth-order valence-corrected chi connectivity index (χ4v) is 3.99. The van der Waals surface area contributed by atoms with Crippen molar-refractivity contribution in [2.24, 2.45) is 11.1 Å². The Labute approximate surface area is 107 Å². The smallest absolute Gasteiger partial charge is 0.240 e. The zero-order valence-corrected chi connectivity index (χ0v) is 10.9. The second kappa shape index (κ2) is 3.86. The van der Waals surface area contributed by atoms with Gasteiger partial charge in [0.25, 0.3) is 0 Å². The highest BCUT2D eigenvalue weighted by molar-refractivity contribution is 7.89. The number of anilines is 2. The lowest BCUT2D eigenvalue weighted by Gasteiger charge is -2.30. The van der Waals surface area contributed by atoms with E-state index in [0.717, 1.165) is 19.4 Å². The van der Waals surface area contributed by atoms with Crippen molar-refractivity contribution < 1.29 is 8.42 Å². The Morgan fingerprint density at radius 3 is 2.61 bits per heavy atom. The van der Waals surface area contributed by atoms with Crippen molar-refractivity contribution in [3.05, 3.63) is 18.2 Å². The van der Waals surface area contributed by atoms with Crippen LogP contribution in [-0.2, 0) is 10.0 Å². The number of piperidine rings is 1. The fourth-order valence-electron chi connectivity index (χ4n) is 3.22. The summed E-state index contributed by atoms with van der Waals surface area (Å²) >= 11 is 0. The topological polar surface area (TPSA) is 89.4 Å². The number of hydrogen-bond donors (Lipinski definition) is 2. The number of fused-ring (bicyclic) bond motifs is 2. The summed E-state index contributed by atoms with van der Waals surface area (Å²) in [6.45, 7) is 0.928. The Hall–Kier alpha value is -1.27. The molecule has 0 spiro atoms. The van der Waals surface area contributed by atoms with E-state index in [2.05, 4.69) is 4.90 Å². The lowest BCUT2D eigenvalue weighted by Crippen LogP contribution is -2.33. The van der Waals surface area contributed by atoms with E-state index in [0.29, 0.717) is 23.3 Å². The second-order valence-corrected chi connectivity index (χ2v) is 6.79. The maximum absolute atomic E-state index is 11.7. The summed E-state index contributed by atoms with van der Waals surface area (Å²) in [5, 5.41) is 5.28. The summed E-state index contributed by atoms with van der Waals surface area (Å²) < 4.78 is 23.3. The van der Waals surface area contributed by atoms with E-state index in [1.54, 1.807) is 12.1 Å². The molecular formula is C12H17N3O2S. The molecule has 6 heteroatoms. The van der Waals surface area contributed by atoms with Gasteiger partial charge in [-0.25, -0.2) is 13.6 Å². The molecule has 2 aliphatic rings. The molecule has 2 atom stereocenters. The minimum atomic E-state index is -3.73. The maximum Gasteiger partial charge on any atom is 0.240 e. The largest absolute Gasteiger partial charge is 0.399 e. The van der Waals surface area contributed by atoms with Crippen molar-refractivity contribution in [1.82, 2.24) is 0 Å². The van der Waals surface area contributed by atoms with Gasteiger partial charge in [0, 0.05) is 18.3 Å². The van der Waals surface area contributed by atoms with Gasteiger partial charge in [-0.15, -0.1) is 0 Å². The first-order valence-electron chi connectivity index (χ1n) is 6.14. The van der Waals surface area contributed by atoms with Gasteiger partial charge in [0.15, 0.2) is 0 Å². The van der Waals surface area contributed by atoms with Gasteiger partial charge >= 0.3 is 0 Å². The van der Waals surface area contributed by atoms with Gasteiger partial charge in [0.05, 0.1) is 5.69 Å². The van der Waals surface area contributed by atoms with Crippen molar-refractivity contribution in [2.45, 2.75) is 30.2 Å². The SMILES string of the molecule is Nc1ccc(N2CC3CCC2C3)c(S(N)(=O)=O)c1. The first-order valence-corrected chi connectivity index (χ1v) is 7.69. The summed E-state index contributed by atoms with van der Waals surface area (Å²) in [5.41, 5.74) is 6.79. The van der Waals surface area contributed by atoms with Crippen molar-refractivity contribution in [1.29, 1.82) is 0 Å². The van der Waals surface area contributed by atoms with Crippen LogP contribution in [0.1, 0.15) is 19.3 Å². The molecule has 4 N–H and O–H groups in total. The minimum Gasteiger partial charge on any atom is -0.399 e. The van der Waals surface area contributed by atoms with Crippen molar-refractivity contribution in [2.75, 3.05) is 17.2 Å². The molecule has 1 aliphatic heterocycles. The highest BCUT2D eigenvalue weighted by Gasteiger charge is 2.39. The molecule has 0 amide bonds. The number of benzene rings is 1. The van der Waals surface area contributed by atoms with E-state index < -0.39 is 10.0 Å². The van der Waals surface area contributed by atoms with Crippen LogP contribution < -0.4 is 15.8 Å². The molecule has 1 aliphatic carbocycles. The Bertz CT molecular complexity index is 585. The summed E-state index contributed by atoms with van der Waals surface area (Å²) in [5.74, 6) is 0.695. The lowest BCUT2D eigenvalue weighted by molar-refractivity contribution is 0.550. The molecule has 2 unspecified atom stereocenters. The van der Waals surface area contributed by atoms with Crippen LogP contribution in [0.15, 0.2) is 23.1 Å². The molecule has 1 aromatic rings. The monoisotopic (exact) mass is 267 g/mol. The Balaban J connectivity index is 2.07. The molecule has 0 radical (unpaired) electrons. The van der Waals surface area contributed by atoms with Crippen LogP contribution >= 0.6 is 0 Å². The Morgan fingerprint density at radius 2 is 2.06 bits per heavy atom. The molecule has 3 rings (SSSR count). The van der Waals surface area contributed by atoms with E-state index in [4.69, 9.17) is 10.9 Å². The summed E-state index contributed by atoms with van der Waals surface area (Å²) in [6.07, 6.45) is 3.55. The summed E-state index contributed by atoms with van der Waals surface area (Å²) in [4.78, 5) is 2.32. The first-order chi connectivity index (χ1) is 8.45. The molecule has 5 nitrogen and oxygen atoms in total. The molecule has 1 saturated carbocycles. The third-order valence-electron chi connectivity index (χ3n) is 4.01. The van der Waals surface area contributed by atoms with Crippen molar-refractivity contribution >= 4 is 21.4 Å². The average Bonchev–Trinajstić information content (AvgIpc) is 2.89. The zero-order valence-electron chi connectivity index (χ0n) is 10.0. The van der Waals surface area contributed by atoms with E-state index in [9.17, 15) is 8.42 Å². The quantitative estimate of drug-likeness (QED) is 0.779. The van der Waals surface area contributed by atoms with Crippen molar-refractivity contribution in [3.8, 4) is 0 Å². The zero-order chi connectivity index (χ0) is 12.9. The van der Waals surface area contributed by atoms with E-state index >= 15 is 0 Å². The lowest BCUT2D eigenvalue weighted by atomic mass is 10.1. The van der Waals surface area contributed by atoms with Gasteiger partial charge in [-0.3, -0.25) is 0 Å².